The lowest BCUT2D eigenvalue weighted by Gasteiger charge is -2.13. The van der Waals surface area contributed by atoms with Gasteiger partial charge in [0.1, 0.15) is 0 Å². The van der Waals surface area contributed by atoms with E-state index in [-0.39, 0.29) is 38.6 Å². The van der Waals surface area contributed by atoms with Gasteiger partial charge in [-0.05, 0) is 86.6 Å². The fourth-order valence-electron chi connectivity index (χ4n) is 7.87. The maximum Gasteiger partial charge on any atom is 0.269 e. The lowest BCUT2D eigenvalue weighted by atomic mass is 10.0. The number of rotatable bonds is 6. The van der Waals surface area contributed by atoms with Gasteiger partial charge in [-0.2, -0.15) is 10.2 Å². The monoisotopic (exact) mass is 1020 g/mol. The van der Waals surface area contributed by atoms with Gasteiger partial charge in [-0.15, -0.1) is 6.42 Å². The number of nitrogens with zero attached hydrogens (tertiary/aromatic N) is 10. The van der Waals surface area contributed by atoms with E-state index in [4.69, 9.17) is 17.9 Å². The molecule has 2 saturated heterocycles. The molecule has 2 aliphatic rings. The van der Waals surface area contributed by atoms with Crippen molar-refractivity contribution < 1.29 is 29.4 Å². The molecule has 364 valence electrons. The number of benzene rings is 4. The SMILES string of the molecule is C.C.C#C[C@]1(O)CCN(C)C1=O.Cc1cn(-c2ccc3c(c2)c(C(N)=O)nn3-c2cccc(Br)c2)cn1.Cc1cn(-c2ccc3c(c2)c(C(N)=O)nn3-c2cccc(C#C[C@]3(O)CCN(C)C3=O)c2)cn1. The van der Waals surface area contributed by atoms with E-state index >= 15 is 0 Å². The molecule has 10 rings (SSSR count). The van der Waals surface area contributed by atoms with Crippen LogP contribution >= 0.6 is 15.9 Å². The summed E-state index contributed by atoms with van der Waals surface area (Å²) in [6.45, 7) is 4.83. The molecule has 0 radical (unpaired) electrons. The molecule has 0 spiro atoms. The molecule has 2 fully saturated rings. The normalized spacial score (nSPS) is 17.0. The molecule has 18 nitrogen and oxygen atoms in total. The van der Waals surface area contributed by atoms with Gasteiger partial charge in [0.25, 0.3) is 23.6 Å². The predicted molar refractivity (Wildman–Crippen MR) is 274 cm³/mol. The number of nitrogens with two attached hydrogens (primary N) is 2. The molecule has 0 aliphatic carbocycles. The van der Waals surface area contributed by atoms with Crippen LogP contribution < -0.4 is 11.5 Å². The zero-order valence-electron chi connectivity index (χ0n) is 37.8. The van der Waals surface area contributed by atoms with E-state index in [1.807, 2.05) is 102 Å². The molecule has 2 aliphatic heterocycles. The van der Waals surface area contributed by atoms with Crippen molar-refractivity contribution >= 4 is 61.4 Å². The van der Waals surface area contributed by atoms with Gasteiger partial charge in [0.2, 0.25) is 11.2 Å². The Bertz CT molecular complexity index is 3460. The number of aliphatic hydroxyl groups is 2. The lowest BCUT2D eigenvalue weighted by molar-refractivity contribution is -0.138. The molecule has 0 saturated carbocycles. The van der Waals surface area contributed by atoms with E-state index in [2.05, 4.69) is 53.9 Å². The van der Waals surface area contributed by atoms with Gasteiger partial charge >= 0.3 is 0 Å². The molecule has 19 heteroatoms. The number of amides is 4. The Labute approximate surface area is 418 Å². The zero-order chi connectivity index (χ0) is 49.4. The largest absolute Gasteiger partial charge is 0.369 e. The summed E-state index contributed by atoms with van der Waals surface area (Å²) in [5.74, 6) is 5.76. The molecule has 4 aromatic heterocycles. The van der Waals surface area contributed by atoms with Crippen LogP contribution in [0.3, 0.4) is 0 Å². The van der Waals surface area contributed by atoms with Crippen molar-refractivity contribution in [2.24, 2.45) is 11.5 Å². The van der Waals surface area contributed by atoms with Crippen LogP contribution in [-0.4, -0.2) is 121 Å². The van der Waals surface area contributed by atoms with E-state index in [9.17, 15) is 29.4 Å². The second-order valence-electron chi connectivity index (χ2n) is 16.6. The number of hydrogen-bond acceptors (Lipinski definition) is 10. The first-order chi connectivity index (χ1) is 32.9. The second kappa shape index (κ2) is 20.7. The first-order valence-electron chi connectivity index (χ1n) is 21.4. The Balaban J connectivity index is 0.000000195. The van der Waals surface area contributed by atoms with E-state index in [0.29, 0.717) is 47.1 Å². The number of carbonyl (C=O) groups excluding carboxylic acids is 4. The van der Waals surface area contributed by atoms with Crippen LogP contribution in [0.1, 0.15) is 65.6 Å². The van der Waals surface area contributed by atoms with Crippen molar-refractivity contribution in [2.75, 3.05) is 27.2 Å². The molecular weight excluding hydrogens is 969 g/mol. The summed E-state index contributed by atoms with van der Waals surface area (Å²) in [6.07, 6.45) is 12.8. The number of aromatic nitrogens is 8. The second-order valence-corrected chi connectivity index (χ2v) is 17.5. The number of hydrogen-bond donors (Lipinski definition) is 4. The minimum Gasteiger partial charge on any atom is -0.369 e. The Hall–Kier alpha value is -8.36. The number of carbonyl (C=O) groups is 4. The summed E-state index contributed by atoms with van der Waals surface area (Å²) in [7, 11) is 3.26. The Morgan fingerprint density at radius 3 is 1.54 bits per heavy atom. The molecule has 6 heterocycles. The number of likely N-dealkylation sites (N-methyl/N-ethyl adjacent to an activating group) is 2. The molecular formula is C52H53BrN12O6. The van der Waals surface area contributed by atoms with Crippen LogP contribution in [0, 0.1) is 38.0 Å². The van der Waals surface area contributed by atoms with Crippen molar-refractivity contribution in [1.82, 2.24) is 48.5 Å². The fourth-order valence-corrected chi connectivity index (χ4v) is 8.26. The third-order valence-electron chi connectivity index (χ3n) is 11.6. The number of halogens is 1. The van der Waals surface area contributed by atoms with E-state index in [1.54, 1.807) is 54.3 Å². The number of aryl methyl sites for hydroxylation is 2. The van der Waals surface area contributed by atoms with Crippen LogP contribution in [0.5, 0.6) is 0 Å². The molecule has 0 unspecified atom stereocenters. The number of likely N-dealkylation sites (tertiary alicyclic amines) is 2. The molecule has 2 atom stereocenters. The van der Waals surface area contributed by atoms with Gasteiger partial charge in [-0.25, -0.2) is 19.3 Å². The van der Waals surface area contributed by atoms with E-state index in [0.717, 1.165) is 38.4 Å². The van der Waals surface area contributed by atoms with Gasteiger partial charge in [-0.1, -0.05) is 60.7 Å². The predicted octanol–water partition coefficient (Wildman–Crippen LogP) is 5.43. The molecule has 6 N–H and O–H groups in total. The number of terminal acetylenes is 1. The molecule has 4 aromatic carbocycles. The third-order valence-corrected chi connectivity index (χ3v) is 12.1. The summed E-state index contributed by atoms with van der Waals surface area (Å²) < 4.78 is 8.05. The van der Waals surface area contributed by atoms with E-state index < -0.39 is 28.9 Å². The van der Waals surface area contributed by atoms with Crippen molar-refractivity contribution in [3.63, 3.8) is 0 Å². The van der Waals surface area contributed by atoms with Crippen molar-refractivity contribution in [3.05, 3.63) is 143 Å². The first-order valence-corrected chi connectivity index (χ1v) is 22.2. The van der Waals surface area contributed by atoms with Crippen LogP contribution in [0.25, 0.3) is 44.6 Å². The van der Waals surface area contributed by atoms with Gasteiger partial charge in [-0.3, -0.25) is 19.2 Å². The van der Waals surface area contributed by atoms with Crippen LogP contribution in [0.15, 0.2) is 114 Å². The van der Waals surface area contributed by atoms with Gasteiger partial charge < -0.3 is 40.6 Å². The average molecular weight is 1020 g/mol. The Kier molecular flexibility index (Phi) is 15.2. The third kappa shape index (κ3) is 10.5. The van der Waals surface area contributed by atoms with E-state index in [1.165, 1.54) is 9.80 Å². The van der Waals surface area contributed by atoms with Crippen LogP contribution in [0.4, 0.5) is 0 Å². The smallest absolute Gasteiger partial charge is 0.269 e. The molecule has 0 bridgehead atoms. The summed E-state index contributed by atoms with van der Waals surface area (Å²) in [6, 6.07) is 26.3. The highest BCUT2D eigenvalue weighted by Crippen LogP contribution is 2.28. The summed E-state index contributed by atoms with van der Waals surface area (Å²) in [5, 5.41) is 30.1. The Morgan fingerprint density at radius 2 is 1.14 bits per heavy atom. The quantitative estimate of drug-likeness (QED) is 0.154. The van der Waals surface area contributed by atoms with Gasteiger partial charge in [0.05, 0.1) is 46.5 Å². The zero-order valence-corrected chi connectivity index (χ0v) is 39.4. The lowest BCUT2D eigenvalue weighted by Crippen LogP contribution is -2.37. The highest BCUT2D eigenvalue weighted by Gasteiger charge is 2.43. The molecule has 71 heavy (non-hydrogen) atoms. The first kappa shape index (κ1) is 52.0. The summed E-state index contributed by atoms with van der Waals surface area (Å²) in [5.41, 5.74) is 15.5. The topological polar surface area (TPSA) is 239 Å². The molecule has 4 amide bonds. The number of primary amides is 2. The minimum absolute atomic E-state index is 0. The van der Waals surface area contributed by atoms with Crippen LogP contribution in [-0.2, 0) is 9.59 Å². The van der Waals surface area contributed by atoms with Crippen molar-refractivity contribution in [2.45, 2.75) is 52.7 Å². The van der Waals surface area contributed by atoms with Gasteiger partial charge in [0.15, 0.2) is 11.4 Å². The van der Waals surface area contributed by atoms with Crippen molar-refractivity contribution in [3.8, 4) is 46.9 Å². The Morgan fingerprint density at radius 1 is 0.676 bits per heavy atom. The summed E-state index contributed by atoms with van der Waals surface area (Å²) in [4.78, 5) is 58.6. The summed E-state index contributed by atoms with van der Waals surface area (Å²) >= 11 is 3.46. The standard InChI is InChI=1S/C25H22N6O3.C18H14BrN5O.C7H9NO2.2CH4/c1-16-14-30(15-27-16)18-6-7-21-20(13-18)22(23(26)32)28-31(21)19-5-3-4-17(12-19)8-9-25(34)10-11-29(2)24(25)33;1-11-9-23(10-21-11)13-5-6-16-15(8-13)17(18(20)25)22-24(16)14-4-2-3-12(19)7-14;1-3-7(10)4-5-8(2)6(7)9;;/h3-7,12-15,34H,10-11H2,1-2H3,(H2,26,32);2-10H,1H3,(H2,20,25);1,10H,4-5H2,2H3;2*1H4/t25-;;7-;;/m0.0../s1. The average Bonchev–Trinajstić information content (AvgIpc) is 4.21. The maximum absolute atomic E-state index is 12.2. The minimum atomic E-state index is -1.68. The van der Waals surface area contributed by atoms with Gasteiger partial charge in [0, 0.05) is 84.6 Å². The fraction of sp³-hybridized carbons (Fsp3) is 0.231. The molecule has 8 aromatic rings. The number of fused-ring (bicyclic) bond motifs is 2. The van der Waals surface area contributed by atoms with Crippen molar-refractivity contribution in [1.29, 1.82) is 0 Å². The number of imidazole rings is 2. The highest BCUT2D eigenvalue weighted by atomic mass is 79.9. The highest BCUT2D eigenvalue weighted by molar-refractivity contribution is 9.10. The van der Waals surface area contributed by atoms with Crippen LogP contribution in [0.2, 0.25) is 0 Å². The maximum atomic E-state index is 12.2.